The maximum atomic E-state index is 12.5. The number of carbonyl (C=O) groups is 2. The maximum absolute atomic E-state index is 12.5. The minimum Gasteiger partial charge on any atom is -0.350 e. The molecular weight excluding hydrogens is 344 g/mol. The molecule has 0 unspecified atom stereocenters. The van der Waals surface area contributed by atoms with Gasteiger partial charge in [-0.1, -0.05) is 44.2 Å². The van der Waals surface area contributed by atoms with E-state index in [1.54, 1.807) is 11.3 Å². The van der Waals surface area contributed by atoms with E-state index in [2.05, 4.69) is 48.7 Å². The van der Waals surface area contributed by atoms with Crippen molar-refractivity contribution < 1.29 is 9.59 Å². The van der Waals surface area contributed by atoms with Crippen LogP contribution in [0, 0.1) is 5.92 Å². The Kier molecular flexibility index (Phi) is 7.39. The molecule has 2 atom stereocenters. The van der Waals surface area contributed by atoms with Crippen LogP contribution in [0.2, 0.25) is 0 Å². The Morgan fingerprint density at radius 3 is 2.27 bits per heavy atom. The largest absolute Gasteiger partial charge is 0.350 e. The monoisotopic (exact) mass is 372 g/mol. The van der Waals surface area contributed by atoms with Gasteiger partial charge in [0.05, 0.1) is 18.5 Å². The minimum absolute atomic E-state index is 0.0723. The van der Waals surface area contributed by atoms with E-state index in [1.165, 1.54) is 12.5 Å². The van der Waals surface area contributed by atoms with E-state index in [0.717, 1.165) is 16.9 Å². The van der Waals surface area contributed by atoms with Gasteiger partial charge in [-0.05, 0) is 41.8 Å². The molecule has 0 aliphatic heterocycles. The second kappa shape index (κ2) is 9.53. The Morgan fingerprint density at radius 2 is 1.73 bits per heavy atom. The first-order valence-corrected chi connectivity index (χ1v) is 9.91. The molecule has 0 aliphatic carbocycles. The van der Waals surface area contributed by atoms with Gasteiger partial charge in [0, 0.05) is 11.8 Å². The fraction of sp³-hybridized carbons (Fsp3) is 0.429. The Bertz CT molecular complexity index is 708. The summed E-state index contributed by atoms with van der Waals surface area (Å²) in [7, 11) is 0. The van der Waals surface area contributed by atoms with E-state index in [-0.39, 0.29) is 30.3 Å². The summed E-state index contributed by atoms with van der Waals surface area (Å²) in [4.78, 5) is 24.9. The van der Waals surface area contributed by atoms with Crippen LogP contribution in [-0.4, -0.2) is 11.8 Å². The lowest BCUT2D eigenvalue weighted by molar-refractivity contribution is -0.123. The lowest BCUT2D eigenvalue weighted by Gasteiger charge is -2.19. The Labute approximate surface area is 160 Å². The fourth-order valence-corrected chi connectivity index (χ4v) is 3.72. The summed E-state index contributed by atoms with van der Waals surface area (Å²) in [6, 6.07) is 11.9. The third-order valence-corrected chi connectivity index (χ3v) is 5.14. The predicted molar refractivity (Wildman–Crippen MR) is 107 cm³/mol. The molecular formula is C21H28N2O2S. The van der Waals surface area contributed by atoms with Crippen molar-refractivity contribution in [1.29, 1.82) is 0 Å². The molecule has 2 N–H and O–H groups in total. The highest BCUT2D eigenvalue weighted by Crippen LogP contribution is 2.23. The Balaban J connectivity index is 1.95. The average Bonchev–Trinajstić information content (AvgIpc) is 3.08. The summed E-state index contributed by atoms with van der Waals surface area (Å²) < 4.78 is 0. The molecule has 2 aromatic rings. The van der Waals surface area contributed by atoms with Crippen LogP contribution >= 0.6 is 11.3 Å². The molecule has 0 radical (unpaired) electrons. The highest BCUT2D eigenvalue weighted by Gasteiger charge is 2.19. The second-order valence-electron chi connectivity index (χ2n) is 7.10. The van der Waals surface area contributed by atoms with Gasteiger partial charge in [0.25, 0.3) is 0 Å². The molecule has 1 heterocycles. The lowest BCUT2D eigenvalue weighted by Crippen LogP contribution is -2.33. The average molecular weight is 373 g/mol. The van der Waals surface area contributed by atoms with Gasteiger partial charge >= 0.3 is 0 Å². The van der Waals surface area contributed by atoms with Gasteiger partial charge in [-0.25, -0.2) is 0 Å². The van der Waals surface area contributed by atoms with Crippen molar-refractivity contribution >= 4 is 23.2 Å². The Morgan fingerprint density at radius 1 is 1.04 bits per heavy atom. The normalized spacial score (nSPS) is 13.3. The van der Waals surface area contributed by atoms with Crippen molar-refractivity contribution in [2.75, 3.05) is 0 Å². The van der Waals surface area contributed by atoms with Crippen molar-refractivity contribution in [3.63, 3.8) is 0 Å². The lowest BCUT2D eigenvalue weighted by atomic mass is 10.00. The van der Waals surface area contributed by atoms with Gasteiger partial charge in [-0.2, -0.15) is 0 Å². The molecule has 1 aromatic heterocycles. The van der Waals surface area contributed by atoms with Crippen molar-refractivity contribution in [3.05, 3.63) is 57.8 Å². The SMILES string of the molecule is CC(=O)N[C@H](CC(=O)N[C@H](C)c1ccc(CC(C)C)cc1)c1cccs1. The molecule has 26 heavy (non-hydrogen) atoms. The zero-order chi connectivity index (χ0) is 19.1. The van der Waals surface area contributed by atoms with Crippen LogP contribution in [0.15, 0.2) is 41.8 Å². The number of nitrogens with one attached hydrogen (secondary N) is 2. The smallest absolute Gasteiger partial charge is 0.222 e. The van der Waals surface area contributed by atoms with E-state index >= 15 is 0 Å². The highest BCUT2D eigenvalue weighted by atomic mass is 32.1. The summed E-state index contributed by atoms with van der Waals surface area (Å²) in [6.45, 7) is 7.86. The predicted octanol–water partition coefficient (Wildman–Crippen LogP) is 4.39. The summed E-state index contributed by atoms with van der Waals surface area (Å²) in [5, 5.41) is 7.85. The molecule has 1 aromatic carbocycles. The summed E-state index contributed by atoms with van der Waals surface area (Å²) in [5.41, 5.74) is 2.39. The maximum Gasteiger partial charge on any atom is 0.222 e. The molecule has 0 saturated heterocycles. The van der Waals surface area contributed by atoms with E-state index < -0.39 is 0 Å². The van der Waals surface area contributed by atoms with Gasteiger partial charge in [0.15, 0.2) is 0 Å². The standard InChI is InChI=1S/C21H28N2O2S/c1-14(2)12-17-7-9-18(10-8-17)15(3)22-21(25)13-19(23-16(4)24)20-6-5-11-26-20/h5-11,14-15,19H,12-13H2,1-4H3,(H,22,25)(H,23,24)/t15-,19-/m1/s1. The first-order valence-electron chi connectivity index (χ1n) is 9.04. The first kappa shape index (κ1) is 20.2. The number of carbonyl (C=O) groups excluding carboxylic acids is 2. The number of benzene rings is 1. The van der Waals surface area contributed by atoms with Gasteiger partial charge in [-0.15, -0.1) is 11.3 Å². The minimum atomic E-state index is -0.284. The van der Waals surface area contributed by atoms with Crippen LogP contribution in [0.4, 0.5) is 0 Å². The van der Waals surface area contributed by atoms with Crippen LogP contribution in [0.25, 0.3) is 0 Å². The van der Waals surface area contributed by atoms with Crippen LogP contribution in [-0.2, 0) is 16.0 Å². The molecule has 0 saturated carbocycles. The van der Waals surface area contributed by atoms with E-state index in [4.69, 9.17) is 0 Å². The van der Waals surface area contributed by atoms with Crippen molar-refractivity contribution in [3.8, 4) is 0 Å². The zero-order valence-electron chi connectivity index (χ0n) is 15.9. The van der Waals surface area contributed by atoms with Crippen LogP contribution in [0.3, 0.4) is 0 Å². The summed E-state index contributed by atoms with van der Waals surface area (Å²) >= 11 is 1.54. The zero-order valence-corrected chi connectivity index (χ0v) is 16.7. The van der Waals surface area contributed by atoms with Crippen molar-refractivity contribution in [2.45, 2.75) is 52.6 Å². The molecule has 2 rings (SSSR count). The summed E-state index contributed by atoms with van der Waals surface area (Å²) in [5.74, 6) is 0.418. The van der Waals surface area contributed by atoms with Crippen LogP contribution in [0.5, 0.6) is 0 Å². The van der Waals surface area contributed by atoms with Gasteiger partial charge in [0.2, 0.25) is 11.8 Å². The van der Waals surface area contributed by atoms with Crippen LogP contribution in [0.1, 0.15) is 62.2 Å². The molecule has 2 amide bonds. The first-order chi connectivity index (χ1) is 12.3. The van der Waals surface area contributed by atoms with E-state index in [1.807, 2.05) is 24.4 Å². The molecule has 140 valence electrons. The molecule has 0 aliphatic rings. The number of hydrogen-bond donors (Lipinski definition) is 2. The van der Waals surface area contributed by atoms with E-state index in [9.17, 15) is 9.59 Å². The molecule has 4 nitrogen and oxygen atoms in total. The van der Waals surface area contributed by atoms with Crippen molar-refractivity contribution in [1.82, 2.24) is 10.6 Å². The molecule has 0 bridgehead atoms. The highest BCUT2D eigenvalue weighted by molar-refractivity contribution is 7.10. The van der Waals surface area contributed by atoms with Crippen LogP contribution < -0.4 is 10.6 Å². The van der Waals surface area contributed by atoms with E-state index in [0.29, 0.717) is 5.92 Å². The second-order valence-corrected chi connectivity index (χ2v) is 8.08. The third-order valence-electron chi connectivity index (χ3n) is 4.15. The van der Waals surface area contributed by atoms with Crippen molar-refractivity contribution in [2.24, 2.45) is 5.92 Å². The number of hydrogen-bond acceptors (Lipinski definition) is 3. The number of thiophene rings is 1. The Hall–Kier alpha value is -2.14. The molecule has 5 heteroatoms. The number of rotatable bonds is 8. The topological polar surface area (TPSA) is 58.2 Å². The van der Waals surface area contributed by atoms with Gasteiger partial charge < -0.3 is 10.6 Å². The fourth-order valence-electron chi connectivity index (χ4n) is 2.94. The van der Waals surface area contributed by atoms with Gasteiger partial charge in [-0.3, -0.25) is 9.59 Å². The summed E-state index contributed by atoms with van der Waals surface area (Å²) in [6.07, 6.45) is 1.29. The molecule has 0 spiro atoms. The van der Waals surface area contributed by atoms with Gasteiger partial charge in [0.1, 0.15) is 0 Å². The quantitative estimate of drug-likeness (QED) is 0.722. The molecule has 0 fully saturated rings. The number of amides is 2. The third kappa shape index (κ3) is 6.30.